The van der Waals surface area contributed by atoms with E-state index in [2.05, 4.69) is 21.4 Å². The van der Waals surface area contributed by atoms with Gasteiger partial charge >= 0.3 is 0 Å². The van der Waals surface area contributed by atoms with Crippen LogP contribution in [0.2, 0.25) is 10.0 Å². The molecule has 0 bridgehead atoms. The third kappa shape index (κ3) is 4.41. The molecule has 2 aromatic carbocycles. The van der Waals surface area contributed by atoms with Crippen molar-refractivity contribution in [2.24, 2.45) is 5.84 Å². The van der Waals surface area contributed by atoms with Gasteiger partial charge in [-0.2, -0.15) is 0 Å². The van der Waals surface area contributed by atoms with Crippen LogP contribution in [0.3, 0.4) is 0 Å². The van der Waals surface area contributed by atoms with Crippen LogP contribution >= 0.6 is 39.1 Å². The van der Waals surface area contributed by atoms with E-state index in [-0.39, 0.29) is 11.9 Å². The molecule has 0 heterocycles. The third-order valence-corrected chi connectivity index (χ3v) is 4.70. The molecule has 3 N–H and O–H groups in total. The standard InChI is InChI=1S/C15H14BrCl2FN2/c16-13-5-4-10(19)6-9(13)7-11(21-20)8-12-14(17)2-1-3-15(12)18/h1-6,11,21H,7-8,20H2. The molecule has 0 spiro atoms. The second-order valence-corrected chi connectivity index (χ2v) is 6.38. The Morgan fingerprint density at radius 1 is 1.14 bits per heavy atom. The Hall–Kier alpha value is -0.650. The van der Waals surface area contributed by atoms with Gasteiger partial charge < -0.3 is 0 Å². The molecule has 0 amide bonds. The number of halogens is 4. The van der Waals surface area contributed by atoms with Crippen LogP contribution < -0.4 is 11.3 Å². The molecule has 0 saturated carbocycles. The highest BCUT2D eigenvalue weighted by atomic mass is 79.9. The van der Waals surface area contributed by atoms with Gasteiger partial charge in [0.05, 0.1) is 0 Å². The molecule has 0 radical (unpaired) electrons. The van der Waals surface area contributed by atoms with Crippen molar-refractivity contribution in [3.8, 4) is 0 Å². The second kappa shape index (κ2) is 7.56. The summed E-state index contributed by atoms with van der Waals surface area (Å²) < 4.78 is 14.2. The van der Waals surface area contributed by atoms with Crippen LogP contribution in [-0.2, 0) is 12.8 Å². The minimum Gasteiger partial charge on any atom is -0.271 e. The van der Waals surface area contributed by atoms with Crippen LogP contribution in [-0.4, -0.2) is 6.04 Å². The summed E-state index contributed by atoms with van der Waals surface area (Å²) in [7, 11) is 0. The summed E-state index contributed by atoms with van der Waals surface area (Å²) in [6, 6.07) is 9.83. The number of benzene rings is 2. The Labute approximate surface area is 141 Å². The zero-order chi connectivity index (χ0) is 15.4. The van der Waals surface area contributed by atoms with Gasteiger partial charge in [0, 0.05) is 20.6 Å². The Morgan fingerprint density at radius 2 is 1.81 bits per heavy atom. The lowest BCUT2D eigenvalue weighted by Crippen LogP contribution is -2.38. The average molecular weight is 392 g/mol. The summed E-state index contributed by atoms with van der Waals surface area (Å²) in [6.07, 6.45) is 1.11. The van der Waals surface area contributed by atoms with Gasteiger partial charge in [-0.15, -0.1) is 0 Å². The molecule has 0 aromatic heterocycles. The predicted octanol–water partition coefficient (Wildman–Crippen LogP) is 4.51. The Kier molecular flexibility index (Phi) is 6.02. The number of hydrazine groups is 1. The molecule has 2 nitrogen and oxygen atoms in total. The van der Waals surface area contributed by atoms with Crippen molar-refractivity contribution in [3.05, 3.63) is 67.9 Å². The number of rotatable bonds is 5. The largest absolute Gasteiger partial charge is 0.271 e. The van der Waals surface area contributed by atoms with E-state index >= 15 is 0 Å². The monoisotopic (exact) mass is 390 g/mol. The maximum Gasteiger partial charge on any atom is 0.123 e. The third-order valence-electron chi connectivity index (χ3n) is 3.22. The highest BCUT2D eigenvalue weighted by molar-refractivity contribution is 9.10. The Balaban J connectivity index is 2.19. The lowest BCUT2D eigenvalue weighted by Gasteiger charge is -2.18. The van der Waals surface area contributed by atoms with Crippen LogP contribution in [0.25, 0.3) is 0 Å². The summed E-state index contributed by atoms with van der Waals surface area (Å²) in [6.45, 7) is 0. The topological polar surface area (TPSA) is 38.0 Å². The molecule has 2 rings (SSSR count). The molecule has 0 aliphatic carbocycles. The number of hydrogen-bond donors (Lipinski definition) is 2. The lowest BCUT2D eigenvalue weighted by molar-refractivity contribution is 0.520. The molecule has 0 saturated heterocycles. The van der Waals surface area contributed by atoms with E-state index in [0.29, 0.717) is 22.9 Å². The Morgan fingerprint density at radius 3 is 2.43 bits per heavy atom. The fourth-order valence-corrected chi connectivity index (χ4v) is 3.09. The Bertz CT molecular complexity index is 617. The first-order valence-electron chi connectivity index (χ1n) is 6.34. The van der Waals surface area contributed by atoms with E-state index in [4.69, 9.17) is 29.0 Å². The lowest BCUT2D eigenvalue weighted by atomic mass is 9.99. The molecule has 21 heavy (non-hydrogen) atoms. The normalized spacial score (nSPS) is 12.4. The molecule has 1 unspecified atom stereocenters. The van der Waals surface area contributed by atoms with Gasteiger partial charge in [0.1, 0.15) is 5.82 Å². The number of hydrogen-bond acceptors (Lipinski definition) is 2. The van der Waals surface area contributed by atoms with Crippen molar-refractivity contribution >= 4 is 39.1 Å². The van der Waals surface area contributed by atoms with Crippen molar-refractivity contribution in [2.45, 2.75) is 18.9 Å². The minimum absolute atomic E-state index is 0.111. The van der Waals surface area contributed by atoms with Crippen molar-refractivity contribution in [2.75, 3.05) is 0 Å². The van der Waals surface area contributed by atoms with E-state index in [9.17, 15) is 4.39 Å². The molecule has 0 fully saturated rings. The maximum absolute atomic E-state index is 13.3. The molecule has 1 atom stereocenters. The zero-order valence-electron chi connectivity index (χ0n) is 11.0. The van der Waals surface area contributed by atoms with Gasteiger partial charge in [0.25, 0.3) is 0 Å². The van der Waals surface area contributed by atoms with Gasteiger partial charge in [-0.3, -0.25) is 11.3 Å². The van der Waals surface area contributed by atoms with Crippen molar-refractivity contribution in [1.82, 2.24) is 5.43 Å². The van der Waals surface area contributed by atoms with E-state index in [1.54, 1.807) is 24.3 Å². The second-order valence-electron chi connectivity index (χ2n) is 4.71. The smallest absolute Gasteiger partial charge is 0.123 e. The van der Waals surface area contributed by atoms with E-state index < -0.39 is 0 Å². The first-order chi connectivity index (χ1) is 10.0. The highest BCUT2D eigenvalue weighted by Gasteiger charge is 2.15. The highest BCUT2D eigenvalue weighted by Crippen LogP contribution is 2.27. The summed E-state index contributed by atoms with van der Waals surface area (Å²) in [5.74, 6) is 5.33. The molecular weight excluding hydrogens is 378 g/mol. The van der Waals surface area contributed by atoms with Crippen molar-refractivity contribution in [3.63, 3.8) is 0 Å². The number of nitrogens with one attached hydrogen (secondary N) is 1. The van der Waals surface area contributed by atoms with Gasteiger partial charge in [0.15, 0.2) is 0 Å². The van der Waals surface area contributed by atoms with E-state index in [0.717, 1.165) is 15.6 Å². The van der Waals surface area contributed by atoms with Crippen LogP contribution in [0, 0.1) is 5.82 Å². The molecular formula is C15H14BrCl2FN2. The molecule has 6 heteroatoms. The summed E-state index contributed by atoms with van der Waals surface area (Å²) in [5.41, 5.74) is 4.40. The quantitative estimate of drug-likeness (QED) is 0.581. The summed E-state index contributed by atoms with van der Waals surface area (Å²) >= 11 is 15.8. The predicted molar refractivity (Wildman–Crippen MR) is 89.1 cm³/mol. The first kappa shape index (κ1) is 16.7. The SMILES string of the molecule is NNC(Cc1cc(F)ccc1Br)Cc1c(Cl)cccc1Cl. The molecule has 0 aliphatic rings. The van der Waals surface area contributed by atoms with Crippen LogP contribution in [0.4, 0.5) is 4.39 Å². The molecule has 112 valence electrons. The fraction of sp³-hybridized carbons (Fsp3) is 0.200. The molecule has 2 aromatic rings. The van der Waals surface area contributed by atoms with Gasteiger partial charge in [-0.25, -0.2) is 4.39 Å². The molecule has 0 aliphatic heterocycles. The number of nitrogens with two attached hydrogens (primary N) is 1. The van der Waals surface area contributed by atoms with Crippen LogP contribution in [0.1, 0.15) is 11.1 Å². The van der Waals surface area contributed by atoms with Crippen molar-refractivity contribution < 1.29 is 4.39 Å². The van der Waals surface area contributed by atoms with Gasteiger partial charge in [0.2, 0.25) is 0 Å². The zero-order valence-corrected chi connectivity index (χ0v) is 14.1. The van der Waals surface area contributed by atoms with Crippen molar-refractivity contribution in [1.29, 1.82) is 0 Å². The first-order valence-corrected chi connectivity index (χ1v) is 7.89. The summed E-state index contributed by atoms with van der Waals surface area (Å²) in [4.78, 5) is 0. The van der Waals surface area contributed by atoms with Gasteiger partial charge in [-0.05, 0) is 54.3 Å². The van der Waals surface area contributed by atoms with E-state index in [1.165, 1.54) is 12.1 Å². The average Bonchev–Trinajstić information content (AvgIpc) is 2.45. The maximum atomic E-state index is 13.3. The minimum atomic E-state index is -0.278. The summed E-state index contributed by atoms with van der Waals surface area (Å²) in [5, 5.41) is 1.20. The fourth-order valence-electron chi connectivity index (χ4n) is 2.13. The van der Waals surface area contributed by atoms with Gasteiger partial charge in [-0.1, -0.05) is 45.2 Å². The van der Waals surface area contributed by atoms with E-state index in [1.807, 2.05) is 0 Å². The van der Waals surface area contributed by atoms with Crippen LogP contribution in [0.15, 0.2) is 40.9 Å². The van der Waals surface area contributed by atoms with Crippen LogP contribution in [0.5, 0.6) is 0 Å².